The van der Waals surface area contributed by atoms with Crippen molar-refractivity contribution in [3.05, 3.63) is 12.2 Å². The first kappa shape index (κ1) is 73.2. The first-order chi connectivity index (χ1) is 37.0. The first-order valence-corrected chi connectivity index (χ1v) is 34.2. The largest absolute Gasteiger partial charge is 0.462 e. The molecule has 0 aromatic carbocycles. The summed E-state index contributed by atoms with van der Waals surface area (Å²) in [5, 5.41) is 0. The lowest BCUT2D eigenvalue weighted by Crippen LogP contribution is -2.30. The molecule has 0 spiro atoms. The molecule has 75 heavy (non-hydrogen) atoms. The van der Waals surface area contributed by atoms with E-state index in [1.54, 1.807) is 0 Å². The molecular formula is C69H132O6. The number of allylic oxidation sites excluding steroid dienone is 2. The molecule has 0 radical (unpaired) electrons. The van der Waals surface area contributed by atoms with Gasteiger partial charge in [0.1, 0.15) is 13.2 Å². The molecule has 0 aliphatic carbocycles. The third-order valence-corrected chi connectivity index (χ3v) is 15.8. The molecule has 1 atom stereocenters. The summed E-state index contributed by atoms with van der Waals surface area (Å²) < 4.78 is 17.0. The van der Waals surface area contributed by atoms with Crippen molar-refractivity contribution in [1.29, 1.82) is 0 Å². The summed E-state index contributed by atoms with van der Waals surface area (Å²) in [5.74, 6) is -0.843. The molecule has 0 saturated heterocycles. The maximum atomic E-state index is 12.9. The number of carbonyl (C=O) groups is 3. The van der Waals surface area contributed by atoms with E-state index in [-0.39, 0.29) is 31.1 Å². The molecule has 0 aromatic heterocycles. The highest BCUT2D eigenvalue weighted by molar-refractivity contribution is 5.71. The lowest BCUT2D eigenvalue weighted by Gasteiger charge is -2.18. The molecule has 0 fully saturated rings. The monoisotopic (exact) mass is 1060 g/mol. The first-order valence-electron chi connectivity index (χ1n) is 34.2. The minimum atomic E-state index is -0.769. The molecule has 0 rings (SSSR count). The maximum Gasteiger partial charge on any atom is 0.306 e. The number of ether oxygens (including phenoxy) is 3. The van der Waals surface area contributed by atoms with Crippen molar-refractivity contribution in [2.45, 2.75) is 399 Å². The molecule has 0 heterocycles. The zero-order valence-electron chi connectivity index (χ0n) is 51.1. The Balaban J connectivity index is 4.17. The summed E-state index contributed by atoms with van der Waals surface area (Å²) in [5.41, 5.74) is 0. The van der Waals surface area contributed by atoms with Crippen molar-refractivity contribution < 1.29 is 28.6 Å². The van der Waals surface area contributed by atoms with Gasteiger partial charge in [-0.2, -0.15) is 0 Å². The predicted molar refractivity (Wildman–Crippen MR) is 326 cm³/mol. The Morgan fingerprint density at radius 3 is 0.693 bits per heavy atom. The van der Waals surface area contributed by atoms with Crippen LogP contribution in [0.15, 0.2) is 12.2 Å². The van der Waals surface area contributed by atoms with E-state index >= 15 is 0 Å². The summed E-state index contributed by atoms with van der Waals surface area (Å²) in [6, 6.07) is 0. The van der Waals surface area contributed by atoms with Crippen molar-refractivity contribution in [1.82, 2.24) is 0 Å². The van der Waals surface area contributed by atoms with Crippen LogP contribution in [0.1, 0.15) is 393 Å². The number of hydrogen-bond donors (Lipinski definition) is 0. The van der Waals surface area contributed by atoms with Gasteiger partial charge in [0.05, 0.1) is 0 Å². The summed E-state index contributed by atoms with van der Waals surface area (Å²) in [7, 11) is 0. The molecule has 0 saturated carbocycles. The Hall–Kier alpha value is -1.85. The van der Waals surface area contributed by atoms with Crippen LogP contribution >= 0.6 is 0 Å². The van der Waals surface area contributed by atoms with E-state index in [0.29, 0.717) is 19.3 Å². The summed E-state index contributed by atoms with van der Waals surface area (Å²) >= 11 is 0. The molecule has 444 valence electrons. The van der Waals surface area contributed by atoms with Crippen LogP contribution in [-0.4, -0.2) is 37.2 Å². The van der Waals surface area contributed by atoms with Gasteiger partial charge in [-0.1, -0.05) is 341 Å². The van der Waals surface area contributed by atoms with Crippen LogP contribution in [0.2, 0.25) is 0 Å². The van der Waals surface area contributed by atoms with Gasteiger partial charge >= 0.3 is 17.9 Å². The van der Waals surface area contributed by atoms with E-state index in [0.717, 1.165) is 64.2 Å². The number of rotatable bonds is 64. The summed E-state index contributed by atoms with van der Waals surface area (Å²) in [4.78, 5) is 38.3. The zero-order valence-corrected chi connectivity index (χ0v) is 51.1. The molecule has 6 heteroatoms. The van der Waals surface area contributed by atoms with E-state index in [1.807, 2.05) is 0 Å². The van der Waals surface area contributed by atoms with Gasteiger partial charge in [0, 0.05) is 19.3 Å². The number of hydrogen-bond acceptors (Lipinski definition) is 6. The van der Waals surface area contributed by atoms with Gasteiger partial charge < -0.3 is 14.2 Å². The van der Waals surface area contributed by atoms with E-state index in [1.165, 1.54) is 289 Å². The van der Waals surface area contributed by atoms with Gasteiger partial charge in [-0.05, 0) is 44.9 Å². The Morgan fingerprint density at radius 2 is 0.440 bits per heavy atom. The Bertz CT molecular complexity index is 1170. The van der Waals surface area contributed by atoms with Crippen LogP contribution in [0.5, 0.6) is 0 Å². The fraction of sp³-hybridized carbons (Fsp3) is 0.928. The predicted octanol–water partition coefficient (Wildman–Crippen LogP) is 23.2. The Labute approximate surface area is 469 Å². The lowest BCUT2D eigenvalue weighted by molar-refractivity contribution is -0.167. The standard InChI is InChI=1S/C69H132O6/c1-4-7-10-13-16-19-22-25-27-29-31-32-33-34-35-36-37-39-40-42-44-47-50-53-56-59-62-68(71)74-65-66(64-73-67(70)61-58-55-52-49-46-24-21-18-15-12-9-6-3)75-69(72)63-60-57-54-51-48-45-43-41-38-30-28-26-23-20-17-14-11-8-5-2/h18,21,66H,4-17,19-20,22-65H2,1-3H3/b21-18-. The fourth-order valence-corrected chi connectivity index (χ4v) is 10.6. The van der Waals surface area contributed by atoms with Crippen LogP contribution in [0.3, 0.4) is 0 Å². The van der Waals surface area contributed by atoms with Gasteiger partial charge in [0.2, 0.25) is 0 Å². The van der Waals surface area contributed by atoms with E-state index in [9.17, 15) is 14.4 Å². The van der Waals surface area contributed by atoms with Crippen LogP contribution in [0, 0.1) is 0 Å². The average Bonchev–Trinajstić information content (AvgIpc) is 3.41. The second-order valence-corrected chi connectivity index (χ2v) is 23.5. The van der Waals surface area contributed by atoms with E-state index in [2.05, 4.69) is 32.9 Å². The third-order valence-electron chi connectivity index (χ3n) is 15.8. The summed E-state index contributed by atoms with van der Waals surface area (Å²) in [6.07, 6.45) is 76.7. The molecule has 0 amide bonds. The Morgan fingerprint density at radius 1 is 0.253 bits per heavy atom. The highest BCUT2D eigenvalue weighted by Gasteiger charge is 2.19. The lowest BCUT2D eigenvalue weighted by atomic mass is 10.0. The second kappa shape index (κ2) is 64.7. The van der Waals surface area contributed by atoms with Crippen LogP contribution < -0.4 is 0 Å². The minimum Gasteiger partial charge on any atom is -0.462 e. The number of esters is 3. The van der Waals surface area contributed by atoms with Crippen molar-refractivity contribution in [2.24, 2.45) is 0 Å². The molecule has 6 nitrogen and oxygen atoms in total. The van der Waals surface area contributed by atoms with Crippen molar-refractivity contribution in [3.63, 3.8) is 0 Å². The average molecular weight is 1060 g/mol. The zero-order chi connectivity index (χ0) is 54.3. The maximum absolute atomic E-state index is 12.9. The van der Waals surface area contributed by atoms with Crippen LogP contribution in [-0.2, 0) is 28.6 Å². The second-order valence-electron chi connectivity index (χ2n) is 23.5. The smallest absolute Gasteiger partial charge is 0.306 e. The quantitative estimate of drug-likeness (QED) is 0.0261. The summed E-state index contributed by atoms with van der Waals surface area (Å²) in [6.45, 7) is 6.69. The Kier molecular flexibility index (Phi) is 63.1. The minimum absolute atomic E-state index is 0.0659. The normalized spacial score (nSPS) is 12.0. The van der Waals surface area contributed by atoms with Gasteiger partial charge in [-0.25, -0.2) is 0 Å². The van der Waals surface area contributed by atoms with Gasteiger partial charge in [0.15, 0.2) is 6.10 Å². The van der Waals surface area contributed by atoms with Gasteiger partial charge in [0.25, 0.3) is 0 Å². The molecule has 0 N–H and O–H groups in total. The SMILES string of the molecule is CCCCC/C=C\CCCCCCCC(=O)OCC(COC(=O)CCCCCCCCCCCCCCCCCCCCCCCCCCCC)OC(=O)CCCCCCCCCCCCCCCCCCCCC. The fourth-order valence-electron chi connectivity index (χ4n) is 10.6. The van der Waals surface area contributed by atoms with Gasteiger partial charge in [-0.3, -0.25) is 14.4 Å². The topological polar surface area (TPSA) is 78.9 Å². The van der Waals surface area contributed by atoms with Crippen LogP contribution in [0.4, 0.5) is 0 Å². The third kappa shape index (κ3) is 62.9. The van der Waals surface area contributed by atoms with Crippen molar-refractivity contribution >= 4 is 17.9 Å². The molecule has 0 aliphatic rings. The molecular weight excluding hydrogens is 925 g/mol. The molecule has 0 bridgehead atoms. The van der Waals surface area contributed by atoms with E-state index in [4.69, 9.17) is 14.2 Å². The molecule has 1 unspecified atom stereocenters. The number of carbonyl (C=O) groups excluding carboxylic acids is 3. The van der Waals surface area contributed by atoms with Crippen molar-refractivity contribution in [3.8, 4) is 0 Å². The van der Waals surface area contributed by atoms with Crippen LogP contribution in [0.25, 0.3) is 0 Å². The number of unbranched alkanes of at least 4 members (excludes halogenated alkanes) is 51. The highest BCUT2D eigenvalue weighted by Crippen LogP contribution is 2.19. The molecule has 0 aliphatic heterocycles. The van der Waals surface area contributed by atoms with Crippen molar-refractivity contribution in [2.75, 3.05) is 13.2 Å². The molecule has 0 aromatic rings. The van der Waals surface area contributed by atoms with Gasteiger partial charge in [-0.15, -0.1) is 0 Å². The highest BCUT2D eigenvalue weighted by atomic mass is 16.6. The van der Waals surface area contributed by atoms with E-state index < -0.39 is 6.10 Å².